The van der Waals surface area contributed by atoms with Crippen LogP contribution in [0.25, 0.3) is 22.2 Å². The molecule has 0 aliphatic heterocycles. The Morgan fingerprint density at radius 3 is 2.41 bits per heavy atom. The molecule has 1 heterocycles. The number of benzene rings is 2. The van der Waals surface area contributed by atoms with E-state index in [0.29, 0.717) is 5.02 Å². The molecule has 0 saturated carbocycles. The number of hydrogen-bond acceptors (Lipinski definition) is 3. The minimum absolute atomic E-state index is 0.0938. The van der Waals surface area contributed by atoms with Gasteiger partial charge in [-0.15, -0.1) is 0 Å². The number of aliphatic carboxylic acids is 1. The van der Waals surface area contributed by atoms with Gasteiger partial charge in [-0.2, -0.15) is 0 Å². The number of para-hydroxylation sites is 1. The van der Waals surface area contributed by atoms with E-state index < -0.39 is 23.7 Å². The summed E-state index contributed by atoms with van der Waals surface area (Å²) in [7, 11) is 0. The molecule has 0 saturated heterocycles. The van der Waals surface area contributed by atoms with E-state index in [1.807, 2.05) is 36.4 Å². The minimum atomic E-state index is -1.14. The van der Waals surface area contributed by atoms with Crippen molar-refractivity contribution in [2.45, 2.75) is 38.8 Å². The standard InChI is InChI=1S/C22H23ClN2O4/c1-22(2,3)29-21(28)25-18(20(26)27)12-16-15-6-4-5-7-17(15)24-19(16)13-8-10-14(23)11-9-13/h4-11,18,24H,12H2,1-3H3,(H,25,28)(H,26,27). The lowest BCUT2D eigenvalue weighted by atomic mass is 9.99. The maximum absolute atomic E-state index is 12.1. The SMILES string of the molecule is CC(C)(C)OC(=O)NC(Cc1c(-c2ccc(Cl)cc2)[nH]c2ccccc12)C(=O)O. The van der Waals surface area contributed by atoms with E-state index in [0.717, 1.165) is 27.7 Å². The number of halogens is 1. The van der Waals surface area contributed by atoms with Gasteiger partial charge in [0.05, 0.1) is 0 Å². The summed E-state index contributed by atoms with van der Waals surface area (Å²) in [6.07, 6.45) is -0.672. The first-order chi connectivity index (χ1) is 13.6. The van der Waals surface area contributed by atoms with Crippen LogP contribution in [-0.4, -0.2) is 33.8 Å². The second-order valence-electron chi connectivity index (χ2n) is 7.77. The average molecular weight is 415 g/mol. The first kappa shape index (κ1) is 20.7. The van der Waals surface area contributed by atoms with Gasteiger partial charge in [-0.1, -0.05) is 41.9 Å². The number of ether oxygens (including phenoxy) is 1. The number of carbonyl (C=O) groups excluding carboxylic acids is 1. The number of aromatic amines is 1. The molecule has 29 heavy (non-hydrogen) atoms. The van der Waals surface area contributed by atoms with Crippen LogP contribution in [0.1, 0.15) is 26.3 Å². The third-order valence-electron chi connectivity index (χ3n) is 4.34. The maximum atomic E-state index is 12.1. The number of carboxylic acid groups (broad SMARTS) is 1. The van der Waals surface area contributed by atoms with Crippen LogP contribution in [0.2, 0.25) is 5.02 Å². The fourth-order valence-corrected chi connectivity index (χ4v) is 3.26. The molecule has 1 aromatic heterocycles. The van der Waals surface area contributed by atoms with Gasteiger partial charge in [0.2, 0.25) is 0 Å². The van der Waals surface area contributed by atoms with Gasteiger partial charge in [0.25, 0.3) is 0 Å². The van der Waals surface area contributed by atoms with Crippen molar-refractivity contribution in [2.24, 2.45) is 0 Å². The van der Waals surface area contributed by atoms with E-state index >= 15 is 0 Å². The zero-order valence-corrected chi connectivity index (χ0v) is 17.2. The lowest BCUT2D eigenvalue weighted by Crippen LogP contribution is -2.44. The fourth-order valence-electron chi connectivity index (χ4n) is 3.13. The highest BCUT2D eigenvalue weighted by molar-refractivity contribution is 6.30. The summed E-state index contributed by atoms with van der Waals surface area (Å²) in [5.74, 6) is -1.14. The second kappa shape index (κ2) is 8.17. The molecule has 1 unspecified atom stereocenters. The van der Waals surface area contributed by atoms with Crippen LogP contribution < -0.4 is 5.32 Å². The zero-order valence-electron chi connectivity index (χ0n) is 16.5. The average Bonchev–Trinajstić information content (AvgIpc) is 2.99. The lowest BCUT2D eigenvalue weighted by Gasteiger charge is -2.22. The quantitative estimate of drug-likeness (QED) is 0.547. The van der Waals surface area contributed by atoms with E-state index in [-0.39, 0.29) is 6.42 Å². The Kier molecular flexibility index (Phi) is 5.84. The number of alkyl carbamates (subject to hydrolysis) is 1. The summed E-state index contributed by atoms with van der Waals surface area (Å²) in [5.41, 5.74) is 2.63. The smallest absolute Gasteiger partial charge is 0.408 e. The van der Waals surface area contributed by atoms with Gasteiger partial charge in [0.1, 0.15) is 11.6 Å². The summed E-state index contributed by atoms with van der Waals surface area (Å²) >= 11 is 6.00. The molecular formula is C22H23ClN2O4. The number of carbonyl (C=O) groups is 2. The molecule has 3 rings (SSSR count). The van der Waals surface area contributed by atoms with Gasteiger partial charge in [0, 0.05) is 28.0 Å². The third-order valence-corrected chi connectivity index (χ3v) is 4.60. The molecule has 0 aliphatic rings. The van der Waals surface area contributed by atoms with Gasteiger partial charge >= 0.3 is 12.1 Å². The van der Waals surface area contributed by atoms with Crippen LogP contribution in [0.4, 0.5) is 4.79 Å². The Bertz CT molecular complexity index is 1040. The number of H-pyrrole nitrogens is 1. The van der Waals surface area contributed by atoms with E-state index in [1.54, 1.807) is 32.9 Å². The number of nitrogens with one attached hydrogen (secondary N) is 2. The van der Waals surface area contributed by atoms with Crippen molar-refractivity contribution in [1.82, 2.24) is 10.3 Å². The monoisotopic (exact) mass is 414 g/mol. The molecular weight excluding hydrogens is 392 g/mol. The molecule has 1 atom stereocenters. The summed E-state index contributed by atoms with van der Waals surface area (Å²) < 4.78 is 5.22. The molecule has 0 bridgehead atoms. The summed E-state index contributed by atoms with van der Waals surface area (Å²) in [6, 6.07) is 13.8. The van der Waals surface area contributed by atoms with E-state index in [9.17, 15) is 14.7 Å². The summed E-state index contributed by atoms with van der Waals surface area (Å²) in [5, 5.41) is 13.7. The Morgan fingerprint density at radius 1 is 1.14 bits per heavy atom. The Hall–Kier alpha value is -2.99. The number of carboxylic acids is 1. The predicted molar refractivity (Wildman–Crippen MR) is 113 cm³/mol. The Balaban J connectivity index is 1.98. The molecule has 152 valence electrons. The van der Waals surface area contributed by atoms with Crippen LogP contribution in [-0.2, 0) is 16.0 Å². The highest BCUT2D eigenvalue weighted by Gasteiger charge is 2.26. The number of amides is 1. The second-order valence-corrected chi connectivity index (χ2v) is 8.21. The molecule has 0 aliphatic carbocycles. The lowest BCUT2D eigenvalue weighted by molar-refractivity contribution is -0.139. The van der Waals surface area contributed by atoms with Crippen molar-refractivity contribution in [3.63, 3.8) is 0 Å². The molecule has 3 aromatic rings. The van der Waals surface area contributed by atoms with E-state index in [2.05, 4.69) is 10.3 Å². The van der Waals surface area contributed by atoms with E-state index in [1.165, 1.54) is 0 Å². The largest absolute Gasteiger partial charge is 0.480 e. The van der Waals surface area contributed by atoms with Crippen LogP contribution in [0, 0.1) is 0 Å². The molecule has 1 amide bonds. The first-order valence-electron chi connectivity index (χ1n) is 9.22. The Labute approximate surface area is 173 Å². The van der Waals surface area contributed by atoms with Crippen LogP contribution in [0.15, 0.2) is 48.5 Å². The molecule has 0 radical (unpaired) electrons. The van der Waals surface area contributed by atoms with Crippen LogP contribution >= 0.6 is 11.6 Å². The molecule has 2 aromatic carbocycles. The Morgan fingerprint density at radius 2 is 1.79 bits per heavy atom. The summed E-state index contributed by atoms with van der Waals surface area (Å²) in [4.78, 5) is 27.4. The zero-order chi connectivity index (χ0) is 21.2. The molecule has 6 nitrogen and oxygen atoms in total. The van der Waals surface area contributed by atoms with Crippen molar-refractivity contribution >= 4 is 34.6 Å². The van der Waals surface area contributed by atoms with Gasteiger partial charge in [-0.25, -0.2) is 9.59 Å². The van der Waals surface area contributed by atoms with Gasteiger partial charge < -0.3 is 20.1 Å². The van der Waals surface area contributed by atoms with E-state index in [4.69, 9.17) is 16.3 Å². The van der Waals surface area contributed by atoms with Gasteiger partial charge in [-0.05, 0) is 50.1 Å². The predicted octanol–water partition coefficient (Wildman–Crippen LogP) is 5.01. The molecule has 0 fully saturated rings. The number of aromatic nitrogens is 1. The van der Waals surface area contributed by atoms with Crippen molar-refractivity contribution in [2.75, 3.05) is 0 Å². The maximum Gasteiger partial charge on any atom is 0.408 e. The first-order valence-corrected chi connectivity index (χ1v) is 9.59. The molecule has 0 spiro atoms. The normalized spacial score (nSPS) is 12.6. The highest BCUT2D eigenvalue weighted by atomic mass is 35.5. The summed E-state index contributed by atoms with van der Waals surface area (Å²) in [6.45, 7) is 5.17. The topological polar surface area (TPSA) is 91.4 Å². The van der Waals surface area contributed by atoms with Crippen molar-refractivity contribution in [3.8, 4) is 11.3 Å². The number of hydrogen-bond donors (Lipinski definition) is 3. The van der Waals surface area contributed by atoms with Gasteiger partial charge in [0.15, 0.2) is 0 Å². The van der Waals surface area contributed by atoms with Crippen molar-refractivity contribution in [1.29, 1.82) is 0 Å². The fraction of sp³-hybridized carbons (Fsp3) is 0.273. The van der Waals surface area contributed by atoms with Crippen LogP contribution in [0.5, 0.6) is 0 Å². The van der Waals surface area contributed by atoms with Gasteiger partial charge in [-0.3, -0.25) is 0 Å². The van der Waals surface area contributed by atoms with Crippen molar-refractivity contribution < 1.29 is 19.4 Å². The molecule has 7 heteroatoms. The minimum Gasteiger partial charge on any atom is -0.480 e. The molecule has 3 N–H and O–H groups in total. The third kappa shape index (κ3) is 5.09. The number of fused-ring (bicyclic) bond motifs is 1. The highest BCUT2D eigenvalue weighted by Crippen LogP contribution is 2.32. The number of rotatable bonds is 5. The van der Waals surface area contributed by atoms with Crippen LogP contribution in [0.3, 0.4) is 0 Å². The van der Waals surface area contributed by atoms with Crippen molar-refractivity contribution in [3.05, 3.63) is 59.1 Å².